The average molecular weight is 627 g/mol. The molecule has 0 spiro atoms. The molecule has 0 aliphatic carbocycles. The topological polar surface area (TPSA) is 165 Å². The maximum absolute atomic E-state index is 15.4. The van der Waals surface area contributed by atoms with Crippen LogP contribution in [-0.2, 0) is 14.1 Å². The first kappa shape index (κ1) is 31.4. The number of hydrogen-bond donors (Lipinski definition) is 4. The molecule has 0 bridgehead atoms. The molecule has 0 radical (unpaired) electrons. The summed E-state index contributed by atoms with van der Waals surface area (Å²) in [7, 11) is 3.20. The number of nitrogens with one attached hydrogen (secondary N) is 4. The van der Waals surface area contributed by atoms with Crippen LogP contribution in [0.2, 0.25) is 0 Å². The lowest BCUT2D eigenvalue weighted by atomic mass is 10.1. The van der Waals surface area contributed by atoms with E-state index in [2.05, 4.69) is 31.3 Å². The molecule has 0 saturated carbocycles. The van der Waals surface area contributed by atoms with Crippen LogP contribution in [0.15, 0.2) is 70.1 Å². The predicted octanol–water partition coefficient (Wildman–Crippen LogP) is 4.72. The lowest BCUT2D eigenvalue weighted by Crippen LogP contribution is -2.23. The van der Waals surface area contributed by atoms with Gasteiger partial charge in [-0.2, -0.15) is 9.84 Å². The van der Waals surface area contributed by atoms with E-state index >= 15 is 4.39 Å². The van der Waals surface area contributed by atoms with Gasteiger partial charge in [-0.25, -0.2) is 9.37 Å². The molecule has 46 heavy (non-hydrogen) atoms. The van der Waals surface area contributed by atoms with Crippen LogP contribution in [-0.4, -0.2) is 43.8 Å². The third-order valence-corrected chi connectivity index (χ3v) is 6.96. The van der Waals surface area contributed by atoms with E-state index in [0.29, 0.717) is 34.8 Å². The van der Waals surface area contributed by atoms with Crippen molar-refractivity contribution < 1.29 is 23.3 Å². The van der Waals surface area contributed by atoms with Crippen LogP contribution in [0.5, 0.6) is 0 Å². The van der Waals surface area contributed by atoms with E-state index in [-0.39, 0.29) is 39.6 Å². The number of aromatic nitrogens is 4. The van der Waals surface area contributed by atoms with Crippen LogP contribution < -0.4 is 26.8 Å². The first-order valence-corrected chi connectivity index (χ1v) is 14.2. The molecule has 14 heteroatoms. The summed E-state index contributed by atoms with van der Waals surface area (Å²) in [6, 6.07) is 13.8. The second kappa shape index (κ2) is 12.9. The van der Waals surface area contributed by atoms with E-state index in [0.717, 1.165) is 4.74 Å². The minimum absolute atomic E-state index is 0.132. The maximum Gasteiger partial charge on any atom is 0.290 e. The first-order chi connectivity index (χ1) is 22.0. The Morgan fingerprint density at radius 3 is 2.26 bits per heavy atom. The number of pyridine rings is 1. The number of carbonyl (C=O) groups is 3. The van der Waals surface area contributed by atoms with Crippen molar-refractivity contribution in [2.75, 3.05) is 27.8 Å². The molecule has 13 nitrogen and oxygen atoms in total. The van der Waals surface area contributed by atoms with Crippen molar-refractivity contribution in [3.8, 4) is 11.1 Å². The molecule has 0 fully saturated rings. The Kier molecular flexibility index (Phi) is 8.80. The van der Waals surface area contributed by atoms with E-state index in [9.17, 15) is 19.2 Å². The summed E-state index contributed by atoms with van der Waals surface area (Å²) in [5.74, 6) is -2.32. The zero-order valence-electron chi connectivity index (χ0n) is 25.7. The second-order valence-electron chi connectivity index (χ2n) is 10.4. The van der Waals surface area contributed by atoms with E-state index in [4.69, 9.17) is 4.52 Å². The van der Waals surface area contributed by atoms with Crippen LogP contribution in [0.4, 0.5) is 27.3 Å². The van der Waals surface area contributed by atoms with E-state index in [1.807, 2.05) is 0 Å². The molecular weight excluding hydrogens is 595 g/mol. The molecule has 0 aliphatic rings. The Bertz CT molecular complexity index is 2030. The third kappa shape index (κ3) is 6.40. The van der Waals surface area contributed by atoms with Gasteiger partial charge in [0.25, 0.3) is 23.3 Å². The third-order valence-electron chi connectivity index (χ3n) is 6.96. The lowest BCUT2D eigenvalue weighted by Gasteiger charge is -2.17. The standard InChI is InChI=1S/C32H31FN8O5/c1-6-34-27-22(30(43)36-20-12-10-19(11-13-20)25-18(3)46-41(5)32(25)45)16-17(2)35-28(27)31(44)37-23-9-7-8-21(26(23)33)29(42)38-24-14-15-40(4)39-24/h7-16,34H,6H2,1-5H3,(H,36,43)(H,37,44)(H,38,39,42). The molecule has 0 saturated heterocycles. The average Bonchev–Trinajstić information content (AvgIpc) is 3.54. The summed E-state index contributed by atoms with van der Waals surface area (Å²) in [6.45, 7) is 5.44. The van der Waals surface area contributed by atoms with Gasteiger partial charge in [0.05, 0.1) is 28.1 Å². The van der Waals surface area contributed by atoms with Gasteiger partial charge in [-0.05, 0) is 56.7 Å². The first-order valence-electron chi connectivity index (χ1n) is 14.2. The van der Waals surface area contributed by atoms with Crippen molar-refractivity contribution in [2.45, 2.75) is 20.8 Å². The van der Waals surface area contributed by atoms with Crippen LogP contribution in [0.1, 0.15) is 49.6 Å². The highest BCUT2D eigenvalue weighted by molar-refractivity contribution is 6.14. The molecule has 0 unspecified atom stereocenters. The van der Waals surface area contributed by atoms with Crippen molar-refractivity contribution in [2.24, 2.45) is 14.1 Å². The highest BCUT2D eigenvalue weighted by Crippen LogP contribution is 2.27. The molecular formula is C32H31FN8O5. The number of halogens is 1. The lowest BCUT2D eigenvalue weighted by molar-refractivity contribution is 0.100. The highest BCUT2D eigenvalue weighted by Gasteiger charge is 2.24. The van der Waals surface area contributed by atoms with Gasteiger partial charge in [-0.3, -0.25) is 23.9 Å². The molecule has 3 aromatic heterocycles. The summed E-state index contributed by atoms with van der Waals surface area (Å²) in [4.78, 5) is 56.5. The molecule has 236 valence electrons. The van der Waals surface area contributed by atoms with Gasteiger partial charge in [0, 0.05) is 44.3 Å². The zero-order chi connectivity index (χ0) is 33.1. The van der Waals surface area contributed by atoms with Gasteiger partial charge < -0.3 is 25.8 Å². The van der Waals surface area contributed by atoms with Crippen LogP contribution >= 0.6 is 0 Å². The fourth-order valence-electron chi connectivity index (χ4n) is 4.87. The fourth-order valence-corrected chi connectivity index (χ4v) is 4.87. The largest absolute Gasteiger partial charge is 0.383 e. The Morgan fingerprint density at radius 2 is 1.63 bits per heavy atom. The molecule has 2 aromatic carbocycles. The van der Waals surface area contributed by atoms with Gasteiger partial charge in [0.1, 0.15) is 5.76 Å². The second-order valence-corrected chi connectivity index (χ2v) is 10.4. The number of anilines is 4. The van der Waals surface area contributed by atoms with Gasteiger partial charge in [-0.15, -0.1) is 0 Å². The summed E-state index contributed by atoms with van der Waals surface area (Å²) in [5, 5.41) is 14.9. The molecule has 0 aliphatic heterocycles. The molecule has 3 amide bonds. The number of rotatable bonds is 9. The van der Waals surface area contributed by atoms with Crippen LogP contribution in [0, 0.1) is 19.7 Å². The Hall–Kier alpha value is -6.05. The Morgan fingerprint density at radius 1 is 0.913 bits per heavy atom. The number of hydrogen-bond acceptors (Lipinski definition) is 8. The fraction of sp³-hybridized carbons (Fsp3) is 0.188. The SMILES string of the molecule is CCNc1c(C(=O)Nc2ccc(-c3c(C)on(C)c3=O)cc2)cc(C)nc1C(=O)Nc1cccc(C(=O)Nc2ccn(C)n2)c1F. The molecule has 0 atom stereocenters. The minimum atomic E-state index is -0.952. The zero-order valence-corrected chi connectivity index (χ0v) is 25.7. The van der Waals surface area contributed by atoms with Gasteiger partial charge in [0.2, 0.25) is 0 Å². The normalized spacial score (nSPS) is 10.8. The van der Waals surface area contributed by atoms with Gasteiger partial charge in [0.15, 0.2) is 17.3 Å². The Labute approximate surface area is 262 Å². The molecule has 3 heterocycles. The molecule has 5 aromatic rings. The number of aryl methyl sites for hydroxylation is 4. The van der Waals surface area contributed by atoms with Crippen LogP contribution in [0.25, 0.3) is 11.1 Å². The highest BCUT2D eigenvalue weighted by atomic mass is 19.1. The smallest absolute Gasteiger partial charge is 0.290 e. The number of amides is 3. The Balaban J connectivity index is 1.39. The summed E-state index contributed by atoms with van der Waals surface area (Å²) in [5.41, 5.74) is 1.15. The van der Waals surface area contributed by atoms with Gasteiger partial charge >= 0.3 is 0 Å². The molecule has 5 rings (SSSR count). The monoisotopic (exact) mass is 626 g/mol. The van der Waals surface area contributed by atoms with Crippen molar-refractivity contribution in [1.82, 2.24) is 19.5 Å². The van der Waals surface area contributed by atoms with Crippen molar-refractivity contribution in [1.29, 1.82) is 0 Å². The van der Waals surface area contributed by atoms with Crippen molar-refractivity contribution in [3.05, 3.63) is 105 Å². The predicted molar refractivity (Wildman–Crippen MR) is 171 cm³/mol. The number of carbonyl (C=O) groups excluding carboxylic acids is 3. The maximum atomic E-state index is 15.4. The minimum Gasteiger partial charge on any atom is -0.383 e. The number of benzene rings is 2. The van der Waals surface area contributed by atoms with Crippen molar-refractivity contribution >= 4 is 40.6 Å². The summed E-state index contributed by atoms with van der Waals surface area (Å²) < 4.78 is 23.4. The van der Waals surface area contributed by atoms with Gasteiger partial charge in [-0.1, -0.05) is 18.2 Å². The summed E-state index contributed by atoms with van der Waals surface area (Å²) >= 11 is 0. The van der Waals surface area contributed by atoms with E-state index in [1.165, 1.54) is 36.0 Å². The quantitative estimate of drug-likeness (QED) is 0.183. The van der Waals surface area contributed by atoms with E-state index < -0.39 is 23.5 Å². The summed E-state index contributed by atoms with van der Waals surface area (Å²) in [6.07, 6.45) is 1.62. The van der Waals surface area contributed by atoms with Crippen LogP contribution in [0.3, 0.4) is 0 Å². The van der Waals surface area contributed by atoms with Crippen molar-refractivity contribution in [3.63, 3.8) is 0 Å². The molecule has 4 N–H and O–H groups in total. The van der Waals surface area contributed by atoms with E-state index in [1.54, 1.807) is 64.3 Å². The number of nitrogens with zero attached hydrogens (tertiary/aromatic N) is 4.